The third-order valence-electron chi connectivity index (χ3n) is 4.60. The lowest BCUT2D eigenvalue weighted by molar-refractivity contribution is 0.937. The minimum Gasteiger partial charge on any atom is -0.318 e. The van der Waals surface area contributed by atoms with Gasteiger partial charge in [0.1, 0.15) is 0 Å². The first kappa shape index (κ1) is 17.5. The van der Waals surface area contributed by atoms with Crippen molar-refractivity contribution < 1.29 is 0 Å². The number of aliphatic imine (C=N–C) groups is 1. The maximum atomic E-state index is 6.09. The van der Waals surface area contributed by atoms with Crippen molar-refractivity contribution in [1.29, 1.82) is 0 Å². The Balaban J connectivity index is 2.03. The monoisotopic (exact) mass is 350 g/mol. The second-order valence-corrected chi connectivity index (χ2v) is 6.77. The highest BCUT2D eigenvalue weighted by Gasteiger charge is 2.11. The molecule has 0 saturated heterocycles. The number of para-hydroxylation sites is 1. The molecule has 0 radical (unpaired) electrons. The first-order valence-corrected chi connectivity index (χ1v) is 8.96. The second-order valence-electron chi connectivity index (χ2n) is 6.33. The zero-order valence-electron chi connectivity index (χ0n) is 15.2. The first-order chi connectivity index (χ1) is 12.0. The summed E-state index contributed by atoms with van der Waals surface area (Å²) >= 11 is 6.09. The van der Waals surface area contributed by atoms with E-state index in [1.807, 2.05) is 31.3 Å². The van der Waals surface area contributed by atoms with E-state index in [0.717, 1.165) is 23.2 Å². The van der Waals surface area contributed by atoms with Gasteiger partial charge in [0.2, 0.25) is 0 Å². The summed E-state index contributed by atoms with van der Waals surface area (Å²) in [6, 6.07) is 16.5. The van der Waals surface area contributed by atoms with Gasteiger partial charge in [-0.3, -0.25) is 4.99 Å². The van der Waals surface area contributed by atoms with Crippen LogP contribution in [0.1, 0.15) is 35.0 Å². The fraction of sp³-hybridized carbons (Fsp3) is 0.227. The number of rotatable bonds is 4. The standard InChI is InChI=1S/C22H23ClN2/c1-5-18-8-6-7-9-22(18)25-16(3)12-19(17(25)4)14-24-21-13-20(23)11-10-15(21)2/h6-14H,5H2,1-4H3. The highest BCUT2D eigenvalue weighted by molar-refractivity contribution is 6.30. The highest BCUT2D eigenvalue weighted by atomic mass is 35.5. The molecule has 0 atom stereocenters. The zero-order chi connectivity index (χ0) is 18.0. The minimum atomic E-state index is 0.708. The summed E-state index contributed by atoms with van der Waals surface area (Å²) < 4.78 is 2.31. The van der Waals surface area contributed by atoms with Crippen molar-refractivity contribution in [1.82, 2.24) is 4.57 Å². The van der Waals surface area contributed by atoms with Crippen LogP contribution in [0.25, 0.3) is 5.69 Å². The van der Waals surface area contributed by atoms with E-state index >= 15 is 0 Å². The van der Waals surface area contributed by atoms with Gasteiger partial charge in [-0.05, 0) is 62.6 Å². The molecule has 0 aliphatic carbocycles. The Bertz CT molecular complexity index is 935. The van der Waals surface area contributed by atoms with Gasteiger partial charge in [-0.2, -0.15) is 0 Å². The molecular formula is C22H23ClN2. The van der Waals surface area contributed by atoms with Gasteiger partial charge in [-0.1, -0.05) is 42.8 Å². The molecule has 0 aliphatic rings. The maximum absolute atomic E-state index is 6.09. The SMILES string of the molecule is CCc1ccccc1-n1c(C)cc(C=Nc2cc(Cl)ccc2C)c1C. The van der Waals surface area contributed by atoms with Gasteiger partial charge in [0.15, 0.2) is 0 Å². The predicted octanol–water partition coefficient (Wildman–Crippen LogP) is 6.37. The van der Waals surface area contributed by atoms with E-state index in [1.165, 1.54) is 22.6 Å². The number of aromatic nitrogens is 1. The summed E-state index contributed by atoms with van der Waals surface area (Å²) in [4.78, 5) is 4.67. The summed E-state index contributed by atoms with van der Waals surface area (Å²) in [5.41, 5.74) is 8.15. The van der Waals surface area contributed by atoms with Crippen molar-refractivity contribution in [3.05, 3.63) is 81.6 Å². The average molecular weight is 351 g/mol. The maximum Gasteiger partial charge on any atom is 0.0673 e. The van der Waals surface area contributed by atoms with Crippen LogP contribution in [-0.2, 0) is 6.42 Å². The number of hydrogen-bond donors (Lipinski definition) is 0. The summed E-state index contributed by atoms with van der Waals surface area (Å²) in [6.45, 7) is 8.52. The third-order valence-corrected chi connectivity index (χ3v) is 4.83. The fourth-order valence-corrected chi connectivity index (χ4v) is 3.34. The lowest BCUT2D eigenvalue weighted by Crippen LogP contribution is -2.03. The summed E-state index contributed by atoms with van der Waals surface area (Å²) in [5.74, 6) is 0. The number of halogens is 1. The molecule has 0 aliphatic heterocycles. The van der Waals surface area contributed by atoms with Crippen molar-refractivity contribution in [2.45, 2.75) is 34.1 Å². The van der Waals surface area contributed by atoms with E-state index in [4.69, 9.17) is 11.6 Å². The molecule has 0 fully saturated rings. The van der Waals surface area contributed by atoms with Crippen LogP contribution in [0.2, 0.25) is 5.02 Å². The van der Waals surface area contributed by atoms with Gasteiger partial charge >= 0.3 is 0 Å². The fourth-order valence-electron chi connectivity index (χ4n) is 3.18. The van der Waals surface area contributed by atoms with E-state index in [1.54, 1.807) is 0 Å². The molecule has 25 heavy (non-hydrogen) atoms. The van der Waals surface area contributed by atoms with Gasteiger partial charge in [0, 0.05) is 33.9 Å². The molecule has 2 aromatic carbocycles. The van der Waals surface area contributed by atoms with Crippen LogP contribution in [0, 0.1) is 20.8 Å². The van der Waals surface area contributed by atoms with Crippen molar-refractivity contribution >= 4 is 23.5 Å². The van der Waals surface area contributed by atoms with Crippen molar-refractivity contribution in [3.8, 4) is 5.69 Å². The molecule has 3 rings (SSSR count). The molecule has 0 unspecified atom stereocenters. The van der Waals surface area contributed by atoms with Crippen LogP contribution < -0.4 is 0 Å². The van der Waals surface area contributed by atoms with E-state index in [9.17, 15) is 0 Å². The van der Waals surface area contributed by atoms with Crippen molar-refractivity contribution in [2.24, 2.45) is 4.99 Å². The number of nitrogens with zero attached hydrogens (tertiary/aromatic N) is 2. The Labute approximate surface area is 154 Å². The Morgan fingerprint density at radius 2 is 1.80 bits per heavy atom. The number of aryl methyl sites for hydroxylation is 3. The van der Waals surface area contributed by atoms with Crippen LogP contribution in [-0.4, -0.2) is 10.8 Å². The highest BCUT2D eigenvalue weighted by Crippen LogP contribution is 2.25. The van der Waals surface area contributed by atoms with Crippen LogP contribution in [0.15, 0.2) is 53.5 Å². The van der Waals surface area contributed by atoms with Crippen molar-refractivity contribution in [3.63, 3.8) is 0 Å². The summed E-state index contributed by atoms with van der Waals surface area (Å²) in [7, 11) is 0. The third kappa shape index (κ3) is 3.54. The number of benzene rings is 2. The average Bonchev–Trinajstić information content (AvgIpc) is 2.89. The second kappa shape index (κ2) is 7.28. The van der Waals surface area contributed by atoms with Gasteiger partial charge in [-0.25, -0.2) is 0 Å². The molecule has 128 valence electrons. The topological polar surface area (TPSA) is 17.3 Å². The Hall–Kier alpha value is -2.32. The quantitative estimate of drug-likeness (QED) is 0.486. The lowest BCUT2D eigenvalue weighted by Gasteiger charge is -2.13. The molecular weight excluding hydrogens is 328 g/mol. The van der Waals surface area contributed by atoms with E-state index < -0.39 is 0 Å². The minimum absolute atomic E-state index is 0.708. The Morgan fingerprint density at radius 3 is 2.56 bits per heavy atom. The largest absolute Gasteiger partial charge is 0.318 e. The molecule has 3 aromatic rings. The lowest BCUT2D eigenvalue weighted by atomic mass is 10.1. The summed E-state index contributed by atoms with van der Waals surface area (Å²) in [5, 5.41) is 0.708. The predicted molar refractivity (Wildman–Crippen MR) is 108 cm³/mol. The molecule has 0 amide bonds. The van der Waals surface area contributed by atoms with Crippen LogP contribution in [0.3, 0.4) is 0 Å². The van der Waals surface area contributed by atoms with Gasteiger partial charge in [0.05, 0.1) is 5.69 Å². The first-order valence-electron chi connectivity index (χ1n) is 8.58. The van der Waals surface area contributed by atoms with E-state index in [0.29, 0.717) is 5.02 Å². The Kier molecular flexibility index (Phi) is 5.10. The van der Waals surface area contributed by atoms with Crippen molar-refractivity contribution in [2.75, 3.05) is 0 Å². The molecule has 1 aromatic heterocycles. The zero-order valence-corrected chi connectivity index (χ0v) is 15.9. The number of hydrogen-bond acceptors (Lipinski definition) is 1. The Morgan fingerprint density at radius 1 is 1.04 bits per heavy atom. The van der Waals surface area contributed by atoms with E-state index in [2.05, 4.69) is 60.7 Å². The van der Waals surface area contributed by atoms with Crippen LogP contribution in [0.4, 0.5) is 5.69 Å². The molecule has 0 bridgehead atoms. The van der Waals surface area contributed by atoms with Gasteiger partial charge in [-0.15, -0.1) is 0 Å². The molecule has 0 saturated carbocycles. The van der Waals surface area contributed by atoms with E-state index in [-0.39, 0.29) is 0 Å². The van der Waals surface area contributed by atoms with Crippen LogP contribution >= 0.6 is 11.6 Å². The molecule has 1 heterocycles. The summed E-state index contributed by atoms with van der Waals surface area (Å²) in [6.07, 6.45) is 2.95. The molecule has 2 nitrogen and oxygen atoms in total. The van der Waals surface area contributed by atoms with Crippen LogP contribution in [0.5, 0.6) is 0 Å². The van der Waals surface area contributed by atoms with Gasteiger partial charge < -0.3 is 4.57 Å². The molecule has 0 N–H and O–H groups in total. The molecule has 3 heteroatoms. The van der Waals surface area contributed by atoms with Gasteiger partial charge in [0.25, 0.3) is 0 Å². The normalized spacial score (nSPS) is 11.4. The smallest absolute Gasteiger partial charge is 0.0673 e. The molecule has 0 spiro atoms.